The number of carboxylic acids is 1. The van der Waals surface area contributed by atoms with Crippen molar-refractivity contribution in [1.82, 2.24) is 10.2 Å². The number of carboxylic acid groups (broad SMARTS) is 1. The van der Waals surface area contributed by atoms with Crippen LogP contribution in [0.15, 0.2) is 0 Å². The molecule has 0 aromatic carbocycles. The Morgan fingerprint density at radius 3 is 2.30 bits per heavy atom. The SMILES string of the molecule is Cc1[nH]nc(C(=O)O)c1CC12CC3CC(CC(C3)C1)C2. The van der Waals surface area contributed by atoms with Crippen LogP contribution >= 0.6 is 0 Å². The first-order chi connectivity index (χ1) is 9.55. The van der Waals surface area contributed by atoms with Gasteiger partial charge in [0.25, 0.3) is 0 Å². The van der Waals surface area contributed by atoms with Crippen molar-refractivity contribution in [3.63, 3.8) is 0 Å². The van der Waals surface area contributed by atoms with Crippen molar-refractivity contribution in [2.45, 2.75) is 51.9 Å². The molecule has 20 heavy (non-hydrogen) atoms. The highest BCUT2D eigenvalue weighted by Crippen LogP contribution is 2.61. The lowest BCUT2D eigenvalue weighted by Crippen LogP contribution is -2.47. The van der Waals surface area contributed by atoms with E-state index in [0.29, 0.717) is 5.41 Å². The van der Waals surface area contributed by atoms with Crippen LogP contribution in [0.1, 0.15) is 60.3 Å². The first-order valence-electron chi connectivity index (χ1n) is 7.82. The minimum absolute atomic E-state index is 0.248. The quantitative estimate of drug-likeness (QED) is 0.889. The molecule has 2 N–H and O–H groups in total. The standard InChI is InChI=1S/C16H22N2O2/c1-9-13(14(15(19)20)18-17-9)8-16-5-10-2-11(6-16)4-12(3-10)7-16/h10-12H,2-8H2,1H3,(H,17,18)(H,19,20). The van der Waals surface area contributed by atoms with Crippen molar-refractivity contribution in [3.05, 3.63) is 17.0 Å². The van der Waals surface area contributed by atoms with Gasteiger partial charge in [0.05, 0.1) is 0 Å². The van der Waals surface area contributed by atoms with Crippen LogP contribution in [0.3, 0.4) is 0 Å². The molecule has 108 valence electrons. The predicted octanol–water partition coefficient (Wildman–Crippen LogP) is 3.18. The van der Waals surface area contributed by atoms with Gasteiger partial charge in [0, 0.05) is 11.3 Å². The zero-order chi connectivity index (χ0) is 13.9. The van der Waals surface area contributed by atoms with Crippen LogP contribution in [0, 0.1) is 30.1 Å². The summed E-state index contributed by atoms with van der Waals surface area (Å²) >= 11 is 0. The van der Waals surface area contributed by atoms with Crippen LogP contribution in [0.2, 0.25) is 0 Å². The molecule has 4 heteroatoms. The monoisotopic (exact) mass is 274 g/mol. The molecule has 0 spiro atoms. The summed E-state index contributed by atoms with van der Waals surface area (Å²) in [6, 6.07) is 0. The number of H-pyrrole nitrogens is 1. The van der Waals surface area contributed by atoms with E-state index in [1.54, 1.807) is 0 Å². The molecule has 4 nitrogen and oxygen atoms in total. The molecule has 5 rings (SSSR count). The number of hydrogen-bond donors (Lipinski definition) is 2. The Hall–Kier alpha value is -1.32. The van der Waals surface area contributed by atoms with Gasteiger partial charge in [0.2, 0.25) is 0 Å². The van der Waals surface area contributed by atoms with Crippen molar-refractivity contribution >= 4 is 5.97 Å². The maximum absolute atomic E-state index is 11.3. The van der Waals surface area contributed by atoms with Gasteiger partial charge in [-0.3, -0.25) is 5.10 Å². The molecule has 4 saturated carbocycles. The minimum atomic E-state index is -0.894. The molecule has 0 saturated heterocycles. The van der Waals surface area contributed by atoms with Crippen molar-refractivity contribution in [1.29, 1.82) is 0 Å². The third-order valence-electron chi connectivity index (χ3n) is 5.99. The van der Waals surface area contributed by atoms with Gasteiger partial charge in [-0.25, -0.2) is 4.79 Å². The van der Waals surface area contributed by atoms with Gasteiger partial charge in [-0.05, 0) is 75.0 Å². The fraction of sp³-hybridized carbons (Fsp3) is 0.750. The van der Waals surface area contributed by atoms with E-state index in [1.807, 2.05) is 6.92 Å². The van der Waals surface area contributed by atoms with Crippen LogP contribution in [0.5, 0.6) is 0 Å². The highest BCUT2D eigenvalue weighted by molar-refractivity contribution is 5.87. The van der Waals surface area contributed by atoms with Gasteiger partial charge in [-0.1, -0.05) is 0 Å². The third kappa shape index (κ3) is 1.80. The van der Waals surface area contributed by atoms with E-state index in [2.05, 4.69) is 10.2 Å². The smallest absolute Gasteiger partial charge is 0.356 e. The molecule has 1 aromatic heterocycles. The van der Waals surface area contributed by atoms with Gasteiger partial charge in [0.15, 0.2) is 5.69 Å². The lowest BCUT2D eigenvalue weighted by atomic mass is 9.48. The average Bonchev–Trinajstić information content (AvgIpc) is 2.68. The van der Waals surface area contributed by atoms with Gasteiger partial charge < -0.3 is 5.11 Å². The number of nitrogens with zero attached hydrogens (tertiary/aromatic N) is 1. The summed E-state index contributed by atoms with van der Waals surface area (Å²) in [5.41, 5.74) is 2.52. The van der Waals surface area contributed by atoms with Gasteiger partial charge in [-0.15, -0.1) is 0 Å². The second-order valence-electron chi connectivity index (χ2n) is 7.58. The van der Waals surface area contributed by atoms with E-state index in [0.717, 1.165) is 35.4 Å². The largest absolute Gasteiger partial charge is 0.476 e. The van der Waals surface area contributed by atoms with Crippen molar-refractivity contribution in [3.8, 4) is 0 Å². The Morgan fingerprint density at radius 1 is 1.25 bits per heavy atom. The summed E-state index contributed by atoms with van der Waals surface area (Å²) in [6.07, 6.45) is 9.12. The number of nitrogens with one attached hydrogen (secondary N) is 1. The molecule has 0 radical (unpaired) electrons. The number of aromatic amines is 1. The molecule has 4 bridgehead atoms. The molecular weight excluding hydrogens is 252 g/mol. The Labute approximate surface area is 119 Å². The topological polar surface area (TPSA) is 66.0 Å². The highest BCUT2D eigenvalue weighted by atomic mass is 16.4. The summed E-state index contributed by atoms with van der Waals surface area (Å²) in [4.78, 5) is 11.3. The van der Waals surface area contributed by atoms with E-state index in [1.165, 1.54) is 38.5 Å². The molecule has 1 heterocycles. The van der Waals surface area contributed by atoms with Crippen molar-refractivity contribution in [2.24, 2.45) is 23.2 Å². The Balaban J connectivity index is 1.66. The first kappa shape index (κ1) is 12.4. The number of rotatable bonds is 3. The molecule has 4 aliphatic carbocycles. The molecule has 0 aliphatic heterocycles. The highest BCUT2D eigenvalue weighted by Gasteiger charge is 2.51. The van der Waals surface area contributed by atoms with E-state index >= 15 is 0 Å². The van der Waals surface area contributed by atoms with E-state index in [-0.39, 0.29) is 5.69 Å². The van der Waals surface area contributed by atoms with Crippen LogP contribution in [-0.2, 0) is 6.42 Å². The van der Waals surface area contributed by atoms with E-state index < -0.39 is 5.97 Å². The zero-order valence-corrected chi connectivity index (χ0v) is 12.0. The normalized spacial score (nSPS) is 38.4. The number of hydrogen-bond acceptors (Lipinski definition) is 2. The summed E-state index contributed by atoms with van der Waals surface area (Å²) in [6.45, 7) is 1.95. The lowest BCUT2D eigenvalue weighted by Gasteiger charge is -2.57. The fourth-order valence-corrected chi connectivity index (χ4v) is 5.73. The Bertz CT molecular complexity index is 526. The lowest BCUT2D eigenvalue weighted by molar-refractivity contribution is -0.0523. The minimum Gasteiger partial charge on any atom is -0.476 e. The fourth-order valence-electron chi connectivity index (χ4n) is 5.73. The molecule has 0 amide bonds. The molecule has 1 aromatic rings. The van der Waals surface area contributed by atoms with Crippen LogP contribution in [0.25, 0.3) is 0 Å². The number of aromatic carboxylic acids is 1. The maximum atomic E-state index is 11.3. The molecule has 4 fully saturated rings. The van der Waals surface area contributed by atoms with Crippen LogP contribution in [0.4, 0.5) is 0 Å². The van der Waals surface area contributed by atoms with E-state index in [9.17, 15) is 9.90 Å². The van der Waals surface area contributed by atoms with Crippen molar-refractivity contribution < 1.29 is 9.90 Å². The Morgan fingerprint density at radius 2 is 1.80 bits per heavy atom. The van der Waals surface area contributed by atoms with Crippen molar-refractivity contribution in [2.75, 3.05) is 0 Å². The number of aryl methyl sites for hydroxylation is 1. The molecule has 0 atom stereocenters. The summed E-state index contributed by atoms with van der Waals surface area (Å²) in [5, 5.41) is 16.2. The Kier molecular flexibility index (Phi) is 2.54. The number of carbonyl (C=O) groups is 1. The van der Waals surface area contributed by atoms with E-state index in [4.69, 9.17) is 0 Å². The average molecular weight is 274 g/mol. The third-order valence-corrected chi connectivity index (χ3v) is 5.99. The second-order valence-corrected chi connectivity index (χ2v) is 7.58. The molecule has 0 unspecified atom stereocenters. The summed E-state index contributed by atoms with van der Waals surface area (Å²) in [5.74, 6) is 1.82. The summed E-state index contributed by atoms with van der Waals surface area (Å²) < 4.78 is 0. The van der Waals surface area contributed by atoms with Crippen LogP contribution in [-0.4, -0.2) is 21.3 Å². The first-order valence-corrected chi connectivity index (χ1v) is 7.82. The van der Waals surface area contributed by atoms with Gasteiger partial charge in [0.1, 0.15) is 0 Å². The molecular formula is C16H22N2O2. The van der Waals surface area contributed by atoms with Gasteiger partial charge >= 0.3 is 5.97 Å². The predicted molar refractivity (Wildman–Crippen MR) is 74.6 cm³/mol. The second kappa shape index (κ2) is 4.09. The zero-order valence-electron chi connectivity index (χ0n) is 12.0. The number of aromatic nitrogens is 2. The maximum Gasteiger partial charge on any atom is 0.356 e. The summed E-state index contributed by atoms with van der Waals surface area (Å²) in [7, 11) is 0. The van der Waals surface area contributed by atoms with Crippen LogP contribution < -0.4 is 0 Å². The van der Waals surface area contributed by atoms with Gasteiger partial charge in [-0.2, -0.15) is 5.10 Å². The molecule has 4 aliphatic rings.